The van der Waals surface area contributed by atoms with Crippen LogP contribution < -0.4 is 4.90 Å². The number of benzene rings is 5. The first-order valence-corrected chi connectivity index (χ1v) is 16.9. The molecule has 0 aliphatic heterocycles. The maximum atomic E-state index is 11.7. The molecule has 3 nitrogen and oxygen atoms in total. The largest absolute Gasteiger partial charge is 0.478 e. The zero-order valence-corrected chi connectivity index (χ0v) is 26.8. The monoisotopic (exact) mass is 595 g/mol. The number of carboxylic acids is 1. The van der Waals surface area contributed by atoms with Crippen LogP contribution >= 0.6 is 0 Å². The van der Waals surface area contributed by atoms with Crippen molar-refractivity contribution in [2.45, 2.75) is 83.5 Å². The summed E-state index contributed by atoms with van der Waals surface area (Å²) in [5.74, 6) is -0.913. The first-order chi connectivity index (χ1) is 22.1. The average Bonchev–Trinajstić information content (AvgIpc) is 3.34. The molecule has 0 heterocycles. The van der Waals surface area contributed by atoms with E-state index in [-0.39, 0.29) is 5.41 Å². The van der Waals surface area contributed by atoms with Crippen molar-refractivity contribution in [1.29, 1.82) is 0 Å². The van der Waals surface area contributed by atoms with Crippen LogP contribution in [-0.4, -0.2) is 11.1 Å². The molecule has 6 rings (SSSR count). The lowest BCUT2D eigenvalue weighted by atomic mass is 9.70. The van der Waals surface area contributed by atoms with Gasteiger partial charge in [0, 0.05) is 22.2 Å². The number of carboxylic acid groups (broad SMARTS) is 1. The molecule has 5 aromatic carbocycles. The summed E-state index contributed by atoms with van der Waals surface area (Å²) in [6.45, 7) is 4.58. The van der Waals surface area contributed by atoms with E-state index in [4.69, 9.17) is 0 Å². The maximum absolute atomic E-state index is 11.7. The van der Waals surface area contributed by atoms with Gasteiger partial charge in [-0.2, -0.15) is 0 Å². The van der Waals surface area contributed by atoms with Crippen molar-refractivity contribution in [3.63, 3.8) is 0 Å². The van der Waals surface area contributed by atoms with Crippen LogP contribution in [0.4, 0.5) is 17.1 Å². The lowest BCUT2D eigenvalue weighted by Gasteiger charge is -2.34. The summed E-state index contributed by atoms with van der Waals surface area (Å²) in [4.78, 5) is 14.1. The highest BCUT2D eigenvalue weighted by atomic mass is 16.4. The normalized spacial score (nSPS) is 13.0. The van der Waals surface area contributed by atoms with Gasteiger partial charge in [0.25, 0.3) is 0 Å². The lowest BCUT2D eigenvalue weighted by Crippen LogP contribution is -2.26. The summed E-state index contributed by atoms with van der Waals surface area (Å²) in [5.41, 5.74) is 9.10. The van der Waals surface area contributed by atoms with E-state index in [1.807, 2.05) is 12.1 Å². The molecule has 0 bridgehead atoms. The fraction of sp³-hybridized carbons (Fsp3) is 0.310. The molecule has 0 atom stereocenters. The van der Waals surface area contributed by atoms with E-state index < -0.39 is 5.97 Å². The van der Waals surface area contributed by atoms with Crippen molar-refractivity contribution >= 4 is 33.8 Å². The van der Waals surface area contributed by atoms with Crippen LogP contribution in [0.15, 0.2) is 109 Å². The second kappa shape index (κ2) is 13.7. The summed E-state index contributed by atoms with van der Waals surface area (Å²) in [6.07, 6.45) is 12.3. The third-order valence-electron chi connectivity index (χ3n) is 9.80. The molecule has 230 valence electrons. The first kappa shape index (κ1) is 30.6. The summed E-state index contributed by atoms with van der Waals surface area (Å²) in [5, 5.41) is 12.0. The molecule has 0 aromatic heterocycles. The quantitative estimate of drug-likeness (QED) is 0.130. The highest BCUT2D eigenvalue weighted by Gasteiger charge is 2.42. The number of aromatic carboxylic acids is 1. The minimum atomic E-state index is -0.913. The molecular weight excluding hydrogens is 550 g/mol. The van der Waals surface area contributed by atoms with Gasteiger partial charge in [0.15, 0.2) is 0 Å². The predicted molar refractivity (Wildman–Crippen MR) is 189 cm³/mol. The van der Waals surface area contributed by atoms with Gasteiger partial charge in [0.1, 0.15) is 0 Å². The number of carbonyl (C=O) groups is 1. The van der Waals surface area contributed by atoms with Crippen molar-refractivity contribution in [3.8, 4) is 11.1 Å². The van der Waals surface area contributed by atoms with Crippen molar-refractivity contribution in [3.05, 3.63) is 126 Å². The zero-order valence-electron chi connectivity index (χ0n) is 26.8. The Morgan fingerprint density at radius 1 is 0.622 bits per heavy atom. The van der Waals surface area contributed by atoms with Crippen LogP contribution in [0.5, 0.6) is 0 Å². The molecular formula is C42H45NO2. The minimum absolute atomic E-state index is 0.0129. The van der Waals surface area contributed by atoms with E-state index in [9.17, 15) is 9.90 Å². The van der Waals surface area contributed by atoms with E-state index in [0.717, 1.165) is 35.3 Å². The Labute approximate surface area is 268 Å². The standard InChI is InChI=1S/C42H45NO2/c1-3-5-7-13-28-42(29-14-8-6-4-2)38-20-12-11-19-36(38)37-27-26-34(30-39(37)42)43(33-24-22-32(23-25-33)41(44)45)40-21-15-17-31-16-9-10-18-35(31)40/h9-12,15-27,30H,3-8,13-14,28-29H2,1-2H3,(H,44,45). The summed E-state index contributed by atoms with van der Waals surface area (Å²) < 4.78 is 0. The third kappa shape index (κ3) is 6.01. The third-order valence-corrected chi connectivity index (χ3v) is 9.80. The maximum Gasteiger partial charge on any atom is 0.335 e. The van der Waals surface area contributed by atoms with Crippen molar-refractivity contribution < 1.29 is 9.90 Å². The van der Waals surface area contributed by atoms with Gasteiger partial charge in [-0.05, 0) is 82.9 Å². The second-order valence-corrected chi connectivity index (χ2v) is 12.7. The lowest BCUT2D eigenvalue weighted by molar-refractivity contribution is 0.0697. The molecule has 3 heteroatoms. The van der Waals surface area contributed by atoms with E-state index in [0.29, 0.717) is 5.56 Å². The van der Waals surface area contributed by atoms with Crippen LogP contribution in [0, 0.1) is 0 Å². The fourth-order valence-corrected chi connectivity index (χ4v) is 7.54. The second-order valence-electron chi connectivity index (χ2n) is 12.7. The fourth-order valence-electron chi connectivity index (χ4n) is 7.54. The number of rotatable bonds is 14. The molecule has 0 amide bonds. The highest BCUT2D eigenvalue weighted by Crippen LogP contribution is 2.55. The predicted octanol–water partition coefficient (Wildman–Crippen LogP) is 12.2. The molecule has 0 saturated heterocycles. The van der Waals surface area contributed by atoms with Crippen LogP contribution in [0.1, 0.15) is 99.5 Å². The topological polar surface area (TPSA) is 40.5 Å². The number of hydrogen-bond acceptors (Lipinski definition) is 2. The van der Waals surface area contributed by atoms with Crippen LogP contribution in [0.25, 0.3) is 21.9 Å². The molecule has 45 heavy (non-hydrogen) atoms. The Hall–Kier alpha value is -4.37. The minimum Gasteiger partial charge on any atom is -0.478 e. The molecule has 0 fully saturated rings. The molecule has 0 saturated carbocycles. The summed E-state index contributed by atoms with van der Waals surface area (Å²) in [6, 6.07) is 38.4. The van der Waals surface area contributed by atoms with Crippen LogP contribution in [0.3, 0.4) is 0 Å². The Kier molecular flexibility index (Phi) is 9.35. The number of fused-ring (bicyclic) bond motifs is 4. The van der Waals surface area contributed by atoms with E-state index in [1.54, 1.807) is 12.1 Å². The Morgan fingerprint density at radius 2 is 1.24 bits per heavy atom. The van der Waals surface area contributed by atoms with Crippen molar-refractivity contribution in [2.24, 2.45) is 0 Å². The van der Waals surface area contributed by atoms with E-state index >= 15 is 0 Å². The van der Waals surface area contributed by atoms with Gasteiger partial charge in [0.2, 0.25) is 0 Å². The Balaban J connectivity index is 1.53. The van der Waals surface area contributed by atoms with Crippen molar-refractivity contribution in [2.75, 3.05) is 4.90 Å². The zero-order chi connectivity index (χ0) is 31.2. The summed E-state index contributed by atoms with van der Waals surface area (Å²) >= 11 is 0. The number of hydrogen-bond donors (Lipinski definition) is 1. The van der Waals surface area contributed by atoms with Gasteiger partial charge < -0.3 is 10.0 Å². The molecule has 0 spiro atoms. The molecule has 5 aromatic rings. The average molecular weight is 596 g/mol. The van der Waals surface area contributed by atoms with Crippen LogP contribution in [0.2, 0.25) is 0 Å². The van der Waals surface area contributed by atoms with E-state index in [1.165, 1.54) is 79.0 Å². The summed E-state index contributed by atoms with van der Waals surface area (Å²) in [7, 11) is 0. The molecule has 1 N–H and O–H groups in total. The van der Waals surface area contributed by atoms with Crippen molar-refractivity contribution in [1.82, 2.24) is 0 Å². The SMILES string of the molecule is CCCCCCC1(CCCCCC)c2ccccc2-c2ccc(N(c3ccc(C(=O)O)cc3)c3cccc4ccccc34)cc21. The van der Waals surface area contributed by atoms with Gasteiger partial charge in [-0.25, -0.2) is 4.79 Å². The van der Waals surface area contributed by atoms with Gasteiger partial charge in [-0.15, -0.1) is 0 Å². The highest BCUT2D eigenvalue weighted by molar-refractivity contribution is 5.99. The van der Waals surface area contributed by atoms with Gasteiger partial charge in [-0.1, -0.05) is 132 Å². The van der Waals surface area contributed by atoms with Crippen LogP contribution in [-0.2, 0) is 5.41 Å². The molecule has 0 radical (unpaired) electrons. The van der Waals surface area contributed by atoms with E-state index in [2.05, 4.69) is 104 Å². The Bertz CT molecular complexity index is 1750. The Morgan fingerprint density at radius 3 is 1.96 bits per heavy atom. The van der Waals surface area contributed by atoms with Gasteiger partial charge >= 0.3 is 5.97 Å². The molecule has 0 unspecified atom stereocenters. The smallest absolute Gasteiger partial charge is 0.335 e. The molecule has 1 aliphatic carbocycles. The first-order valence-electron chi connectivity index (χ1n) is 16.9. The number of unbranched alkanes of at least 4 members (excludes halogenated alkanes) is 6. The van der Waals surface area contributed by atoms with Gasteiger partial charge in [0.05, 0.1) is 11.3 Å². The number of anilines is 3. The number of nitrogens with zero attached hydrogens (tertiary/aromatic N) is 1. The van der Waals surface area contributed by atoms with Gasteiger partial charge in [-0.3, -0.25) is 0 Å². The molecule has 1 aliphatic rings.